The molecule has 0 aromatic heterocycles. The number of nitrogens with zero attached hydrogens (tertiary/aromatic N) is 2. The second-order valence-electron chi connectivity index (χ2n) is 6.97. The molecule has 2 aliphatic rings. The Labute approximate surface area is 147 Å². The van der Waals surface area contributed by atoms with E-state index in [0.717, 1.165) is 50.9 Å². The molecule has 1 heterocycles. The fourth-order valence-corrected chi connectivity index (χ4v) is 3.80. The summed E-state index contributed by atoms with van der Waals surface area (Å²) in [5.74, 6) is -0.232. The van der Waals surface area contributed by atoms with Crippen molar-refractivity contribution in [3.8, 4) is 0 Å². The average Bonchev–Trinajstić information content (AvgIpc) is 3.04. The first-order chi connectivity index (χ1) is 12.1. The number of carbonyl (C=O) groups excluding carboxylic acids is 1. The molecule has 25 heavy (non-hydrogen) atoms. The second kappa shape index (κ2) is 7.82. The van der Waals surface area contributed by atoms with Crippen LogP contribution in [-0.2, 0) is 0 Å². The second-order valence-corrected chi connectivity index (χ2v) is 6.97. The Hall–Kier alpha value is -2.15. The topological polar surface area (TPSA) is 95.7 Å². The molecule has 1 aromatic rings. The van der Waals surface area contributed by atoms with Gasteiger partial charge in [0.15, 0.2) is 0 Å². The van der Waals surface area contributed by atoms with E-state index in [1.54, 1.807) is 6.07 Å². The zero-order valence-corrected chi connectivity index (χ0v) is 14.3. The molecule has 0 bridgehead atoms. The minimum atomic E-state index is -0.475. The molecule has 136 valence electrons. The fourth-order valence-electron chi connectivity index (χ4n) is 3.80. The van der Waals surface area contributed by atoms with Crippen LogP contribution in [-0.4, -0.2) is 41.7 Å². The molecule has 2 N–H and O–H groups in total. The number of hydrogen-bond acceptors (Lipinski definition) is 5. The third-order valence-corrected chi connectivity index (χ3v) is 5.28. The molecule has 7 heteroatoms. The van der Waals surface area contributed by atoms with Crippen LogP contribution in [0.2, 0.25) is 0 Å². The van der Waals surface area contributed by atoms with Gasteiger partial charge in [0, 0.05) is 37.7 Å². The number of non-ortho nitro benzene ring substituents is 1. The van der Waals surface area contributed by atoms with Gasteiger partial charge in [-0.3, -0.25) is 14.9 Å². The van der Waals surface area contributed by atoms with Crippen LogP contribution in [0.1, 0.15) is 48.9 Å². The maximum Gasteiger partial charge on any atom is 0.270 e. The Morgan fingerprint density at radius 1 is 1.24 bits per heavy atom. The number of nitro groups is 1. The average molecular weight is 347 g/mol. The lowest BCUT2D eigenvalue weighted by Crippen LogP contribution is -2.35. The molecule has 1 aliphatic carbocycles. The first-order valence-electron chi connectivity index (χ1n) is 9.06. The number of benzene rings is 1. The Balaban J connectivity index is 1.79. The molecule has 3 rings (SSSR count). The standard InChI is InChI=1S/C18H25N3O4/c22-17-6-4-5-13(17)12-19-18(23)15-11-14(21(24)25)7-8-16(15)20-9-2-1-3-10-20/h7-8,11,13,17,22H,1-6,9-10,12H2,(H,19,23). The van der Waals surface area contributed by atoms with Crippen molar-refractivity contribution in [2.45, 2.75) is 44.6 Å². The van der Waals surface area contributed by atoms with Gasteiger partial charge >= 0.3 is 0 Å². The van der Waals surface area contributed by atoms with Gasteiger partial charge in [0.1, 0.15) is 0 Å². The smallest absolute Gasteiger partial charge is 0.270 e. The molecule has 2 fully saturated rings. The van der Waals surface area contributed by atoms with E-state index in [0.29, 0.717) is 12.1 Å². The number of amides is 1. The van der Waals surface area contributed by atoms with Crippen LogP contribution >= 0.6 is 0 Å². The predicted octanol–water partition coefficient (Wildman–Crippen LogP) is 2.48. The number of piperidine rings is 1. The van der Waals surface area contributed by atoms with Crippen molar-refractivity contribution < 1.29 is 14.8 Å². The number of nitrogens with one attached hydrogen (secondary N) is 1. The van der Waals surface area contributed by atoms with Gasteiger partial charge in [0.05, 0.1) is 22.3 Å². The van der Waals surface area contributed by atoms with E-state index in [-0.39, 0.29) is 23.6 Å². The van der Waals surface area contributed by atoms with Crippen molar-refractivity contribution in [3.63, 3.8) is 0 Å². The summed E-state index contributed by atoms with van der Waals surface area (Å²) in [7, 11) is 0. The van der Waals surface area contributed by atoms with E-state index in [2.05, 4.69) is 10.2 Å². The Kier molecular flexibility index (Phi) is 5.53. The van der Waals surface area contributed by atoms with E-state index in [9.17, 15) is 20.0 Å². The van der Waals surface area contributed by atoms with Crippen molar-refractivity contribution in [1.29, 1.82) is 0 Å². The van der Waals surface area contributed by atoms with Gasteiger partial charge in [0.2, 0.25) is 0 Å². The summed E-state index contributed by atoms with van der Waals surface area (Å²) in [4.78, 5) is 25.5. The normalized spacial score (nSPS) is 23.5. The number of hydrogen-bond donors (Lipinski definition) is 2. The highest BCUT2D eigenvalue weighted by molar-refractivity contribution is 6.00. The largest absolute Gasteiger partial charge is 0.393 e. The van der Waals surface area contributed by atoms with Crippen LogP contribution in [0.15, 0.2) is 18.2 Å². The highest BCUT2D eigenvalue weighted by Crippen LogP contribution is 2.29. The van der Waals surface area contributed by atoms with Crippen LogP contribution in [0.3, 0.4) is 0 Å². The lowest BCUT2D eigenvalue weighted by atomic mass is 10.0. The lowest BCUT2D eigenvalue weighted by molar-refractivity contribution is -0.384. The molecule has 7 nitrogen and oxygen atoms in total. The van der Waals surface area contributed by atoms with Crippen LogP contribution in [0.4, 0.5) is 11.4 Å². The van der Waals surface area contributed by atoms with Crippen molar-refractivity contribution in [2.75, 3.05) is 24.5 Å². The molecule has 1 saturated carbocycles. The number of nitro benzene ring substituents is 1. The maximum atomic E-state index is 12.7. The molecule has 1 aromatic carbocycles. The van der Waals surface area contributed by atoms with Gasteiger partial charge < -0.3 is 15.3 Å². The first-order valence-corrected chi connectivity index (χ1v) is 9.06. The Morgan fingerprint density at radius 2 is 2.00 bits per heavy atom. The summed E-state index contributed by atoms with van der Waals surface area (Å²) in [6.45, 7) is 2.13. The van der Waals surface area contributed by atoms with E-state index in [4.69, 9.17) is 0 Å². The maximum absolute atomic E-state index is 12.7. The van der Waals surface area contributed by atoms with E-state index in [1.165, 1.54) is 18.6 Å². The first kappa shape index (κ1) is 17.7. The molecule has 0 radical (unpaired) electrons. The number of anilines is 1. The number of aliphatic hydroxyl groups is 1. The molecule has 1 saturated heterocycles. The number of rotatable bonds is 5. The summed E-state index contributed by atoms with van der Waals surface area (Å²) >= 11 is 0. The van der Waals surface area contributed by atoms with Crippen molar-refractivity contribution in [2.24, 2.45) is 5.92 Å². The molecule has 0 spiro atoms. The van der Waals surface area contributed by atoms with Gasteiger partial charge in [-0.25, -0.2) is 0 Å². The zero-order chi connectivity index (χ0) is 17.8. The third-order valence-electron chi connectivity index (χ3n) is 5.28. The van der Waals surface area contributed by atoms with Gasteiger partial charge in [-0.05, 0) is 38.2 Å². The monoisotopic (exact) mass is 347 g/mol. The molecule has 2 unspecified atom stereocenters. The lowest BCUT2D eigenvalue weighted by Gasteiger charge is -2.30. The van der Waals surface area contributed by atoms with Gasteiger partial charge in [0.25, 0.3) is 11.6 Å². The van der Waals surface area contributed by atoms with E-state index >= 15 is 0 Å². The van der Waals surface area contributed by atoms with Crippen molar-refractivity contribution >= 4 is 17.3 Å². The minimum absolute atomic E-state index is 0.0704. The van der Waals surface area contributed by atoms with Gasteiger partial charge in [-0.1, -0.05) is 6.42 Å². The summed E-state index contributed by atoms with van der Waals surface area (Å²) in [5.41, 5.74) is 1.03. The summed E-state index contributed by atoms with van der Waals surface area (Å²) in [6.07, 6.45) is 5.57. The molecular formula is C18H25N3O4. The van der Waals surface area contributed by atoms with Crippen LogP contribution in [0.5, 0.6) is 0 Å². The summed E-state index contributed by atoms with van der Waals surface area (Å²) in [6, 6.07) is 4.51. The third kappa shape index (κ3) is 4.10. The van der Waals surface area contributed by atoms with Crippen LogP contribution in [0, 0.1) is 16.0 Å². The number of carbonyl (C=O) groups is 1. The summed E-state index contributed by atoms with van der Waals surface area (Å²) in [5, 5.41) is 23.9. The van der Waals surface area contributed by atoms with E-state index in [1.807, 2.05) is 0 Å². The van der Waals surface area contributed by atoms with Crippen molar-refractivity contribution in [1.82, 2.24) is 5.32 Å². The SMILES string of the molecule is O=C(NCC1CCCC1O)c1cc([N+](=O)[O-])ccc1N1CCCCC1. The quantitative estimate of drug-likeness (QED) is 0.630. The molecule has 1 amide bonds. The van der Waals surface area contributed by atoms with Crippen LogP contribution in [0.25, 0.3) is 0 Å². The zero-order valence-electron chi connectivity index (χ0n) is 14.3. The molecular weight excluding hydrogens is 322 g/mol. The molecule has 1 aliphatic heterocycles. The highest BCUT2D eigenvalue weighted by atomic mass is 16.6. The van der Waals surface area contributed by atoms with Gasteiger partial charge in [-0.15, -0.1) is 0 Å². The Bertz CT molecular complexity index is 643. The van der Waals surface area contributed by atoms with Crippen molar-refractivity contribution in [3.05, 3.63) is 33.9 Å². The predicted molar refractivity (Wildman–Crippen MR) is 94.8 cm³/mol. The summed E-state index contributed by atoms with van der Waals surface area (Å²) < 4.78 is 0. The minimum Gasteiger partial charge on any atom is -0.393 e. The van der Waals surface area contributed by atoms with Crippen LogP contribution < -0.4 is 10.2 Å². The Morgan fingerprint density at radius 3 is 2.64 bits per heavy atom. The van der Waals surface area contributed by atoms with Gasteiger partial charge in [-0.2, -0.15) is 0 Å². The fraction of sp³-hybridized carbons (Fsp3) is 0.611. The van der Waals surface area contributed by atoms with E-state index < -0.39 is 4.92 Å². The number of aliphatic hydroxyl groups excluding tert-OH is 1. The highest BCUT2D eigenvalue weighted by Gasteiger charge is 2.27. The molecule has 2 atom stereocenters.